The number of pyridine rings is 1. The number of nitrogens with two attached hydrogens (primary N) is 1. The lowest BCUT2D eigenvalue weighted by Crippen LogP contribution is -2.41. The molecular formula is C23H26N6O5. The molecule has 0 radical (unpaired) electrons. The SMILES string of the molecule is Cc1nc2cc(C)c(CN(C)c3ccc(C(=O)N[C@@H](CCC(N)=O)C(=O)O)nc3)cc2c(=O)[nH]1. The molecule has 2 aromatic heterocycles. The molecule has 0 spiro atoms. The highest BCUT2D eigenvalue weighted by Gasteiger charge is 2.22. The van der Waals surface area contributed by atoms with E-state index in [1.54, 1.807) is 13.0 Å². The smallest absolute Gasteiger partial charge is 0.326 e. The Morgan fingerprint density at radius 1 is 1.24 bits per heavy atom. The van der Waals surface area contributed by atoms with Gasteiger partial charge in [0.2, 0.25) is 5.91 Å². The maximum Gasteiger partial charge on any atom is 0.326 e. The summed E-state index contributed by atoms with van der Waals surface area (Å²) in [5, 5.41) is 12.1. The number of fused-ring (bicyclic) bond motifs is 1. The molecule has 0 aliphatic rings. The minimum atomic E-state index is -1.26. The summed E-state index contributed by atoms with van der Waals surface area (Å²) in [5.41, 5.74) is 8.17. The zero-order chi connectivity index (χ0) is 25.0. The average Bonchev–Trinajstić information content (AvgIpc) is 2.77. The molecule has 11 heteroatoms. The maximum atomic E-state index is 12.4. The van der Waals surface area contributed by atoms with Crippen LogP contribution >= 0.6 is 0 Å². The third-order valence-corrected chi connectivity index (χ3v) is 5.39. The molecule has 34 heavy (non-hydrogen) atoms. The lowest BCUT2D eigenvalue weighted by molar-refractivity contribution is -0.139. The van der Waals surface area contributed by atoms with Gasteiger partial charge in [-0.3, -0.25) is 14.4 Å². The first-order valence-electron chi connectivity index (χ1n) is 10.5. The van der Waals surface area contributed by atoms with E-state index in [9.17, 15) is 24.3 Å². The predicted octanol–water partition coefficient (Wildman–Crippen LogP) is 1.02. The van der Waals surface area contributed by atoms with E-state index in [1.165, 1.54) is 12.3 Å². The number of aliphatic carboxylic acids is 1. The highest BCUT2D eigenvalue weighted by molar-refractivity contribution is 5.95. The van der Waals surface area contributed by atoms with Crippen LogP contribution in [0.1, 0.15) is 40.3 Å². The number of aryl methyl sites for hydroxylation is 2. The Labute approximate surface area is 195 Å². The minimum Gasteiger partial charge on any atom is -0.480 e. The molecule has 0 aliphatic carbocycles. The maximum absolute atomic E-state index is 12.4. The Morgan fingerprint density at radius 2 is 1.97 bits per heavy atom. The fourth-order valence-corrected chi connectivity index (χ4v) is 3.49. The quantitative estimate of drug-likeness (QED) is 0.362. The van der Waals surface area contributed by atoms with Crippen LogP contribution in [0.25, 0.3) is 10.9 Å². The molecule has 0 aliphatic heterocycles. The molecule has 2 amide bonds. The number of primary amides is 1. The molecule has 0 saturated carbocycles. The first kappa shape index (κ1) is 24.4. The normalized spacial score (nSPS) is 11.7. The van der Waals surface area contributed by atoms with Crippen molar-refractivity contribution in [1.82, 2.24) is 20.3 Å². The molecule has 0 fully saturated rings. The number of carboxylic acids is 1. The van der Waals surface area contributed by atoms with E-state index in [0.717, 1.165) is 16.8 Å². The lowest BCUT2D eigenvalue weighted by atomic mass is 10.0. The summed E-state index contributed by atoms with van der Waals surface area (Å²) in [4.78, 5) is 60.1. The number of hydrogen-bond acceptors (Lipinski definition) is 7. The van der Waals surface area contributed by atoms with E-state index in [4.69, 9.17) is 5.73 Å². The molecule has 2 heterocycles. The van der Waals surface area contributed by atoms with E-state index in [-0.39, 0.29) is 24.1 Å². The summed E-state index contributed by atoms with van der Waals surface area (Å²) in [6.07, 6.45) is 1.23. The van der Waals surface area contributed by atoms with Crippen LogP contribution in [0.15, 0.2) is 35.3 Å². The first-order chi connectivity index (χ1) is 16.0. The summed E-state index contributed by atoms with van der Waals surface area (Å²) < 4.78 is 0. The van der Waals surface area contributed by atoms with Crippen LogP contribution in [-0.2, 0) is 16.1 Å². The topological polar surface area (TPSA) is 171 Å². The van der Waals surface area contributed by atoms with Crippen molar-refractivity contribution < 1.29 is 19.5 Å². The Bertz CT molecular complexity index is 1300. The molecule has 0 bridgehead atoms. The molecule has 0 unspecified atom stereocenters. The Hall–Kier alpha value is -4.28. The molecular weight excluding hydrogens is 440 g/mol. The predicted molar refractivity (Wildman–Crippen MR) is 126 cm³/mol. The number of carbonyl (C=O) groups is 3. The average molecular weight is 466 g/mol. The van der Waals surface area contributed by atoms with Crippen LogP contribution < -0.4 is 21.5 Å². The van der Waals surface area contributed by atoms with Crippen molar-refractivity contribution >= 4 is 34.4 Å². The number of benzene rings is 1. The number of rotatable bonds is 9. The summed E-state index contributed by atoms with van der Waals surface area (Å²) in [6, 6.07) is 5.62. The summed E-state index contributed by atoms with van der Waals surface area (Å²) >= 11 is 0. The third-order valence-electron chi connectivity index (χ3n) is 5.39. The van der Waals surface area contributed by atoms with Gasteiger partial charge in [-0.15, -0.1) is 0 Å². The number of nitrogens with zero attached hydrogens (tertiary/aromatic N) is 3. The van der Waals surface area contributed by atoms with Crippen molar-refractivity contribution in [3.63, 3.8) is 0 Å². The van der Waals surface area contributed by atoms with E-state index in [0.29, 0.717) is 23.3 Å². The van der Waals surface area contributed by atoms with Gasteiger partial charge in [0, 0.05) is 20.0 Å². The monoisotopic (exact) mass is 466 g/mol. The summed E-state index contributed by atoms with van der Waals surface area (Å²) in [5.74, 6) is -2.03. The first-order valence-corrected chi connectivity index (χ1v) is 10.5. The minimum absolute atomic E-state index is 0.0392. The lowest BCUT2D eigenvalue weighted by Gasteiger charge is -2.21. The number of aromatic amines is 1. The highest BCUT2D eigenvalue weighted by Crippen LogP contribution is 2.20. The molecule has 3 rings (SSSR count). The molecule has 11 nitrogen and oxygen atoms in total. The number of carbonyl (C=O) groups excluding carboxylic acids is 2. The fraction of sp³-hybridized carbons (Fsp3) is 0.304. The van der Waals surface area contributed by atoms with Gasteiger partial charge in [-0.05, 0) is 55.7 Å². The third kappa shape index (κ3) is 5.74. The van der Waals surface area contributed by atoms with Crippen LogP contribution in [0.5, 0.6) is 0 Å². The van der Waals surface area contributed by atoms with Crippen molar-refractivity contribution in [1.29, 1.82) is 0 Å². The molecule has 1 atom stereocenters. The molecule has 178 valence electrons. The zero-order valence-electron chi connectivity index (χ0n) is 19.1. The van der Waals surface area contributed by atoms with Gasteiger partial charge in [0.05, 0.1) is 22.8 Å². The van der Waals surface area contributed by atoms with Crippen molar-refractivity contribution in [2.75, 3.05) is 11.9 Å². The number of amides is 2. The van der Waals surface area contributed by atoms with Gasteiger partial charge in [0.15, 0.2) is 0 Å². The standard InChI is InChI=1S/C23H26N6O5/c1-12-8-19-16(21(31)27-13(2)26-19)9-14(12)11-29(3)15-4-5-17(25-10-15)22(32)28-18(23(33)34)6-7-20(24)30/h4-5,8-10,18H,6-7,11H2,1-3H3,(H2,24,30)(H,28,32)(H,33,34)(H,26,27,31)/t18-/m0/s1. The van der Waals surface area contributed by atoms with Gasteiger partial charge in [0.1, 0.15) is 17.6 Å². The van der Waals surface area contributed by atoms with Crippen LogP contribution in [0.4, 0.5) is 5.69 Å². The van der Waals surface area contributed by atoms with Crippen molar-refractivity contribution in [2.24, 2.45) is 5.73 Å². The highest BCUT2D eigenvalue weighted by atomic mass is 16.4. The second-order valence-corrected chi connectivity index (χ2v) is 8.07. The second-order valence-electron chi connectivity index (χ2n) is 8.07. The van der Waals surface area contributed by atoms with E-state index in [2.05, 4.69) is 20.3 Å². The molecule has 0 saturated heterocycles. The number of anilines is 1. The number of hydrogen-bond donors (Lipinski definition) is 4. The van der Waals surface area contributed by atoms with Gasteiger partial charge >= 0.3 is 5.97 Å². The van der Waals surface area contributed by atoms with Crippen molar-refractivity contribution in [3.05, 3.63) is 63.5 Å². The molecule has 5 N–H and O–H groups in total. The molecule has 3 aromatic rings. The van der Waals surface area contributed by atoms with Gasteiger partial charge in [-0.2, -0.15) is 0 Å². The largest absolute Gasteiger partial charge is 0.480 e. The number of nitrogens with one attached hydrogen (secondary N) is 2. The summed E-state index contributed by atoms with van der Waals surface area (Å²) in [7, 11) is 1.85. The van der Waals surface area contributed by atoms with Gasteiger partial charge in [-0.25, -0.2) is 14.8 Å². The van der Waals surface area contributed by atoms with Gasteiger partial charge in [0.25, 0.3) is 11.5 Å². The van der Waals surface area contributed by atoms with E-state index in [1.807, 2.05) is 31.0 Å². The number of aromatic nitrogens is 3. The van der Waals surface area contributed by atoms with Crippen LogP contribution in [0, 0.1) is 13.8 Å². The van der Waals surface area contributed by atoms with Crippen LogP contribution in [-0.4, -0.2) is 50.9 Å². The summed E-state index contributed by atoms with van der Waals surface area (Å²) in [6.45, 7) is 4.16. The van der Waals surface area contributed by atoms with Gasteiger partial charge in [-0.1, -0.05) is 0 Å². The Balaban J connectivity index is 1.72. The zero-order valence-corrected chi connectivity index (χ0v) is 19.1. The van der Waals surface area contributed by atoms with E-state index >= 15 is 0 Å². The van der Waals surface area contributed by atoms with Gasteiger partial charge < -0.3 is 26.0 Å². The van der Waals surface area contributed by atoms with Crippen molar-refractivity contribution in [3.8, 4) is 0 Å². The second kappa shape index (κ2) is 10.1. The Morgan fingerprint density at radius 3 is 2.59 bits per heavy atom. The number of H-pyrrole nitrogens is 1. The van der Waals surface area contributed by atoms with Crippen LogP contribution in [0.2, 0.25) is 0 Å². The van der Waals surface area contributed by atoms with Crippen molar-refractivity contribution in [2.45, 2.75) is 39.3 Å². The van der Waals surface area contributed by atoms with Crippen LogP contribution in [0.3, 0.4) is 0 Å². The van der Waals surface area contributed by atoms with E-state index < -0.39 is 23.8 Å². The fourth-order valence-electron chi connectivity index (χ4n) is 3.49. The molecule has 1 aromatic carbocycles. The Kier molecular flexibility index (Phi) is 7.24. The number of carboxylic acid groups (broad SMARTS) is 1.